The zero-order chi connectivity index (χ0) is 11.5. The third kappa shape index (κ3) is 2.25. The molecule has 0 aliphatic rings. The Morgan fingerprint density at radius 3 is 2.44 bits per heavy atom. The molecule has 2 aromatic rings. The van der Waals surface area contributed by atoms with Gasteiger partial charge in [-0.2, -0.15) is 0 Å². The standard InChI is InChI=1S/C13H15N3/c1-9(14)12-8-13(16-10(2)15-12)11-6-4-3-5-7-11/h3-9H,14H2,1-2H3. The van der Waals surface area contributed by atoms with E-state index in [1.807, 2.05) is 50.2 Å². The fourth-order valence-corrected chi connectivity index (χ4v) is 1.58. The van der Waals surface area contributed by atoms with Crippen LogP contribution in [0.25, 0.3) is 11.3 Å². The number of nitrogens with two attached hydrogens (primary N) is 1. The van der Waals surface area contributed by atoms with Crippen molar-refractivity contribution in [1.29, 1.82) is 0 Å². The van der Waals surface area contributed by atoms with E-state index in [9.17, 15) is 0 Å². The average Bonchev–Trinajstić information content (AvgIpc) is 2.29. The maximum absolute atomic E-state index is 5.84. The van der Waals surface area contributed by atoms with E-state index >= 15 is 0 Å². The van der Waals surface area contributed by atoms with Gasteiger partial charge in [0.05, 0.1) is 11.4 Å². The lowest BCUT2D eigenvalue weighted by atomic mass is 10.1. The van der Waals surface area contributed by atoms with Crippen molar-refractivity contribution >= 4 is 0 Å². The molecule has 1 heterocycles. The number of hydrogen-bond acceptors (Lipinski definition) is 3. The Morgan fingerprint density at radius 2 is 1.81 bits per heavy atom. The molecule has 16 heavy (non-hydrogen) atoms. The Morgan fingerprint density at radius 1 is 1.12 bits per heavy atom. The van der Waals surface area contributed by atoms with Crippen LogP contribution < -0.4 is 5.73 Å². The SMILES string of the molecule is Cc1nc(-c2ccccc2)cc(C(C)N)n1. The molecule has 3 nitrogen and oxygen atoms in total. The molecule has 2 rings (SSSR count). The maximum atomic E-state index is 5.84. The van der Waals surface area contributed by atoms with Gasteiger partial charge in [0.1, 0.15) is 5.82 Å². The van der Waals surface area contributed by atoms with E-state index in [2.05, 4.69) is 9.97 Å². The molecule has 82 valence electrons. The number of aryl methyl sites for hydroxylation is 1. The van der Waals surface area contributed by atoms with Crippen LogP contribution in [0.5, 0.6) is 0 Å². The quantitative estimate of drug-likeness (QED) is 0.833. The number of nitrogens with zero attached hydrogens (tertiary/aromatic N) is 2. The summed E-state index contributed by atoms with van der Waals surface area (Å²) in [5.41, 5.74) is 8.74. The monoisotopic (exact) mass is 213 g/mol. The van der Waals surface area contributed by atoms with E-state index in [1.165, 1.54) is 0 Å². The minimum Gasteiger partial charge on any atom is -0.323 e. The van der Waals surface area contributed by atoms with Gasteiger partial charge in [-0.1, -0.05) is 30.3 Å². The van der Waals surface area contributed by atoms with Gasteiger partial charge in [0, 0.05) is 11.6 Å². The van der Waals surface area contributed by atoms with Crippen LogP contribution in [0.4, 0.5) is 0 Å². The van der Waals surface area contributed by atoms with E-state index in [4.69, 9.17) is 5.73 Å². The lowest BCUT2D eigenvalue weighted by molar-refractivity contribution is 0.766. The number of rotatable bonds is 2. The molecule has 1 aromatic carbocycles. The second-order valence-corrected chi connectivity index (χ2v) is 3.88. The molecule has 2 N–H and O–H groups in total. The minimum atomic E-state index is -0.0656. The third-order valence-corrected chi connectivity index (χ3v) is 2.39. The second-order valence-electron chi connectivity index (χ2n) is 3.88. The van der Waals surface area contributed by atoms with Gasteiger partial charge in [-0.25, -0.2) is 9.97 Å². The molecular weight excluding hydrogens is 198 g/mol. The van der Waals surface area contributed by atoms with Gasteiger partial charge in [-0.15, -0.1) is 0 Å². The van der Waals surface area contributed by atoms with E-state index < -0.39 is 0 Å². The zero-order valence-electron chi connectivity index (χ0n) is 9.51. The summed E-state index contributed by atoms with van der Waals surface area (Å²) in [6, 6.07) is 11.9. The van der Waals surface area contributed by atoms with Crippen LogP contribution in [0.2, 0.25) is 0 Å². The van der Waals surface area contributed by atoms with Gasteiger partial charge in [0.15, 0.2) is 0 Å². The second kappa shape index (κ2) is 4.41. The molecule has 0 spiro atoms. The van der Waals surface area contributed by atoms with Crippen molar-refractivity contribution in [1.82, 2.24) is 9.97 Å². The maximum Gasteiger partial charge on any atom is 0.126 e. The van der Waals surface area contributed by atoms with Crippen LogP contribution in [0.15, 0.2) is 36.4 Å². The summed E-state index contributed by atoms with van der Waals surface area (Å²) >= 11 is 0. The van der Waals surface area contributed by atoms with Gasteiger partial charge in [-0.3, -0.25) is 0 Å². The number of hydrogen-bond donors (Lipinski definition) is 1. The van der Waals surface area contributed by atoms with Crippen molar-refractivity contribution in [3.05, 3.63) is 47.9 Å². The average molecular weight is 213 g/mol. The van der Waals surface area contributed by atoms with Crippen molar-refractivity contribution in [2.45, 2.75) is 19.9 Å². The Bertz CT molecular complexity index is 478. The van der Waals surface area contributed by atoms with Gasteiger partial charge < -0.3 is 5.73 Å². The first-order valence-electron chi connectivity index (χ1n) is 5.33. The Hall–Kier alpha value is -1.74. The highest BCUT2D eigenvalue weighted by atomic mass is 14.9. The Balaban J connectivity index is 2.50. The van der Waals surface area contributed by atoms with Crippen LogP contribution in [-0.2, 0) is 0 Å². The van der Waals surface area contributed by atoms with Crippen molar-refractivity contribution in [3.8, 4) is 11.3 Å². The van der Waals surface area contributed by atoms with E-state index in [1.54, 1.807) is 0 Å². The van der Waals surface area contributed by atoms with Crippen LogP contribution in [0.3, 0.4) is 0 Å². The predicted molar refractivity (Wildman–Crippen MR) is 64.8 cm³/mol. The molecule has 3 heteroatoms. The highest BCUT2D eigenvalue weighted by molar-refractivity contribution is 5.59. The smallest absolute Gasteiger partial charge is 0.126 e. The lowest BCUT2D eigenvalue weighted by Crippen LogP contribution is -2.09. The topological polar surface area (TPSA) is 51.8 Å². The summed E-state index contributed by atoms with van der Waals surface area (Å²) in [7, 11) is 0. The first-order valence-corrected chi connectivity index (χ1v) is 5.33. The molecule has 0 aliphatic heterocycles. The summed E-state index contributed by atoms with van der Waals surface area (Å²) in [4.78, 5) is 8.74. The highest BCUT2D eigenvalue weighted by Crippen LogP contribution is 2.19. The van der Waals surface area contributed by atoms with E-state index in [0.29, 0.717) is 0 Å². The summed E-state index contributed by atoms with van der Waals surface area (Å²) in [5.74, 6) is 0.758. The summed E-state index contributed by atoms with van der Waals surface area (Å²) in [6.45, 7) is 3.81. The van der Waals surface area contributed by atoms with Crippen molar-refractivity contribution in [3.63, 3.8) is 0 Å². The fraction of sp³-hybridized carbons (Fsp3) is 0.231. The molecule has 0 bridgehead atoms. The molecule has 1 unspecified atom stereocenters. The molecule has 0 saturated heterocycles. The first-order chi connectivity index (χ1) is 7.66. The molecule has 1 aromatic heterocycles. The number of aromatic nitrogens is 2. The molecule has 0 amide bonds. The Kier molecular flexibility index (Phi) is 2.97. The first kappa shape index (κ1) is 10.8. The van der Waals surface area contributed by atoms with Gasteiger partial charge in [0.25, 0.3) is 0 Å². The van der Waals surface area contributed by atoms with Crippen LogP contribution in [0.1, 0.15) is 24.5 Å². The molecule has 0 aliphatic carbocycles. The van der Waals surface area contributed by atoms with Crippen molar-refractivity contribution in [2.75, 3.05) is 0 Å². The molecule has 0 fully saturated rings. The molecular formula is C13H15N3. The third-order valence-electron chi connectivity index (χ3n) is 2.39. The van der Waals surface area contributed by atoms with Crippen LogP contribution >= 0.6 is 0 Å². The summed E-state index contributed by atoms with van der Waals surface area (Å²) < 4.78 is 0. The highest BCUT2D eigenvalue weighted by Gasteiger charge is 2.06. The van der Waals surface area contributed by atoms with Crippen LogP contribution in [-0.4, -0.2) is 9.97 Å². The van der Waals surface area contributed by atoms with Crippen molar-refractivity contribution in [2.24, 2.45) is 5.73 Å². The molecule has 1 atom stereocenters. The number of benzene rings is 1. The zero-order valence-corrected chi connectivity index (χ0v) is 9.51. The summed E-state index contributed by atoms with van der Waals surface area (Å²) in [6.07, 6.45) is 0. The fourth-order valence-electron chi connectivity index (χ4n) is 1.58. The van der Waals surface area contributed by atoms with Gasteiger partial charge >= 0.3 is 0 Å². The van der Waals surface area contributed by atoms with E-state index in [-0.39, 0.29) is 6.04 Å². The van der Waals surface area contributed by atoms with Gasteiger partial charge in [-0.05, 0) is 19.9 Å². The largest absolute Gasteiger partial charge is 0.323 e. The van der Waals surface area contributed by atoms with E-state index in [0.717, 1.165) is 22.8 Å². The van der Waals surface area contributed by atoms with Gasteiger partial charge in [0.2, 0.25) is 0 Å². The predicted octanol–water partition coefficient (Wildman–Crippen LogP) is 2.47. The lowest BCUT2D eigenvalue weighted by Gasteiger charge is -2.08. The molecule has 0 saturated carbocycles. The summed E-state index contributed by atoms with van der Waals surface area (Å²) in [5, 5.41) is 0. The van der Waals surface area contributed by atoms with Crippen molar-refractivity contribution < 1.29 is 0 Å². The van der Waals surface area contributed by atoms with Crippen LogP contribution in [0, 0.1) is 6.92 Å². The Labute approximate surface area is 95.4 Å². The normalized spacial score (nSPS) is 12.4. The molecule has 0 radical (unpaired) electrons. The minimum absolute atomic E-state index is 0.0656.